The number of pyridine rings is 1. The number of hydrogen-bond acceptors (Lipinski definition) is 7. The van der Waals surface area contributed by atoms with E-state index in [0.29, 0.717) is 37.4 Å². The second kappa shape index (κ2) is 7.97. The Bertz CT molecular complexity index is 1460. The van der Waals surface area contributed by atoms with Gasteiger partial charge in [-0.05, 0) is 44.2 Å². The average Bonchev–Trinajstić information content (AvgIpc) is 2.89. The molecule has 6 unspecified atom stereocenters. The largest absolute Gasteiger partial charge is 0.407 e. The Morgan fingerprint density at radius 1 is 1.18 bits per heavy atom. The number of aryl methyl sites for hydroxylation is 3. The highest BCUT2D eigenvalue weighted by molar-refractivity contribution is 6.05. The normalized spacial score (nSPS) is 36.0. The van der Waals surface area contributed by atoms with Crippen LogP contribution in [0.4, 0.5) is 19.0 Å². The monoisotopic (exact) mass is 543 g/mol. The van der Waals surface area contributed by atoms with Crippen molar-refractivity contribution in [3.63, 3.8) is 0 Å². The van der Waals surface area contributed by atoms with Crippen LogP contribution in [0.5, 0.6) is 0 Å². The number of ether oxygens (including phenoxy) is 1. The van der Waals surface area contributed by atoms with Crippen LogP contribution in [0.3, 0.4) is 0 Å². The molecule has 2 aromatic heterocycles. The number of alkyl halides is 3. The minimum absolute atomic E-state index is 0.0218. The molecule has 9 nitrogen and oxygen atoms in total. The fourth-order valence-electron chi connectivity index (χ4n) is 8.03. The summed E-state index contributed by atoms with van der Waals surface area (Å²) in [5.74, 6) is -2.93. The Balaban J connectivity index is 1.10. The number of hydrogen-bond donors (Lipinski definition) is 1. The summed E-state index contributed by atoms with van der Waals surface area (Å²) in [6.07, 6.45) is -2.10. The minimum atomic E-state index is -4.28. The molecule has 5 aliphatic rings. The Labute approximate surface area is 221 Å². The van der Waals surface area contributed by atoms with Crippen LogP contribution in [0, 0.1) is 43.4 Å². The Morgan fingerprint density at radius 2 is 1.92 bits per heavy atom. The molecule has 5 fully saturated rings. The van der Waals surface area contributed by atoms with Gasteiger partial charge in [-0.2, -0.15) is 13.2 Å². The number of halogens is 3. The zero-order valence-electron chi connectivity index (χ0n) is 21.7. The van der Waals surface area contributed by atoms with E-state index in [0.717, 1.165) is 5.56 Å². The van der Waals surface area contributed by atoms with E-state index < -0.39 is 41.4 Å². The maximum Gasteiger partial charge on any atom is 0.407 e. The van der Waals surface area contributed by atoms with Gasteiger partial charge >= 0.3 is 6.18 Å². The number of anilines is 1. The summed E-state index contributed by atoms with van der Waals surface area (Å²) < 4.78 is 48.6. The second-order valence-corrected chi connectivity index (χ2v) is 11.6. The lowest BCUT2D eigenvalue weighted by molar-refractivity contribution is -0.511. The summed E-state index contributed by atoms with van der Waals surface area (Å²) in [5.41, 5.74) is 0.0438. The van der Waals surface area contributed by atoms with Gasteiger partial charge in [0, 0.05) is 62.2 Å². The lowest BCUT2D eigenvalue weighted by Crippen LogP contribution is -3.06. The first-order valence-electron chi connectivity index (χ1n) is 13.3. The molecule has 0 aromatic carbocycles. The van der Waals surface area contributed by atoms with Crippen molar-refractivity contribution in [3.8, 4) is 0 Å². The van der Waals surface area contributed by atoms with Crippen molar-refractivity contribution in [1.82, 2.24) is 19.4 Å². The number of nitrogens with one attached hydrogen (secondary N) is 1. The van der Waals surface area contributed by atoms with Gasteiger partial charge in [0.15, 0.2) is 11.6 Å². The minimum Gasteiger partial charge on any atom is -0.373 e. The standard InChI is InChI=1S/C27H28F3N5O4/c1-11-12(2)32-24(33-25(38)13-6-7-39-16(8-13)14-4-5-17(36)34(3)9-14)21(31-11)23(37)19-18-15-10-35-22(19)20(18)26(15,35)27(28,29)30/h4-5,9,13,15-16,18-20,22H,6-8,10H2,1-3H3,(H,32,33,38)/t13-,15?,16+,18?,19?,20?,22?,26?/m0/s1. The summed E-state index contributed by atoms with van der Waals surface area (Å²) in [5, 5.41) is 2.81. The van der Waals surface area contributed by atoms with Gasteiger partial charge in [0.2, 0.25) is 11.5 Å². The third-order valence-electron chi connectivity index (χ3n) is 10.0. The van der Waals surface area contributed by atoms with Gasteiger partial charge in [0.1, 0.15) is 11.2 Å². The first kappa shape index (κ1) is 24.9. The van der Waals surface area contributed by atoms with Crippen LogP contribution in [0.1, 0.15) is 46.4 Å². The number of fused-ring (bicyclic) bond motifs is 2. The predicted molar refractivity (Wildman–Crippen MR) is 131 cm³/mol. The van der Waals surface area contributed by atoms with Gasteiger partial charge < -0.3 is 14.6 Å². The summed E-state index contributed by atoms with van der Waals surface area (Å²) in [7, 11) is 1.65. The number of carbonyl (C=O) groups excluding carboxylic acids is 2. The molecular weight excluding hydrogens is 515 g/mol. The third-order valence-corrected chi connectivity index (χ3v) is 10.0. The van der Waals surface area contributed by atoms with Gasteiger partial charge in [-0.1, -0.05) is 0 Å². The highest BCUT2D eigenvalue weighted by Crippen LogP contribution is 2.84. The second-order valence-electron chi connectivity index (χ2n) is 11.6. The van der Waals surface area contributed by atoms with Crippen molar-refractivity contribution >= 4 is 17.5 Å². The van der Waals surface area contributed by atoms with E-state index in [2.05, 4.69) is 15.3 Å². The molecule has 2 aromatic rings. The molecule has 12 heteroatoms. The number of carbonyl (C=O) groups is 2. The van der Waals surface area contributed by atoms with Crippen molar-refractivity contribution in [3.05, 3.63) is 51.3 Å². The van der Waals surface area contributed by atoms with Crippen molar-refractivity contribution < 1.29 is 27.5 Å². The molecule has 1 amide bonds. The fraction of sp³-hybridized carbons (Fsp3) is 0.593. The summed E-state index contributed by atoms with van der Waals surface area (Å²) in [6.45, 7) is 4.18. The van der Waals surface area contributed by atoms with E-state index >= 15 is 0 Å². The number of aromatic nitrogens is 3. The van der Waals surface area contributed by atoms with Crippen LogP contribution >= 0.6 is 0 Å². The van der Waals surface area contributed by atoms with Crippen molar-refractivity contribution in [2.75, 3.05) is 18.5 Å². The number of ketones is 1. The van der Waals surface area contributed by atoms with E-state index in [1.807, 2.05) is 0 Å². The van der Waals surface area contributed by atoms with Gasteiger partial charge in [-0.25, -0.2) is 9.97 Å². The van der Waals surface area contributed by atoms with Gasteiger partial charge in [0.05, 0.1) is 17.5 Å². The maximum absolute atomic E-state index is 13.7. The molecular formula is C27H28F3N5O4. The first-order valence-corrected chi connectivity index (χ1v) is 13.3. The number of piperidine rings is 7. The molecule has 3 aliphatic heterocycles. The predicted octanol–water partition coefficient (Wildman–Crippen LogP) is 2.57. The Hall–Kier alpha value is -3.12. The number of rotatable bonds is 5. The fourth-order valence-corrected chi connectivity index (χ4v) is 8.03. The smallest absolute Gasteiger partial charge is 0.373 e. The number of amides is 1. The number of nitrogens with zero attached hydrogens (tertiary/aromatic N) is 4. The van der Waals surface area contributed by atoms with Crippen LogP contribution in [-0.2, 0) is 16.6 Å². The molecule has 0 radical (unpaired) electrons. The molecule has 0 bridgehead atoms. The molecule has 1 N–H and O–H groups in total. The average molecular weight is 544 g/mol. The molecule has 8 atom stereocenters. The van der Waals surface area contributed by atoms with Gasteiger partial charge in [-0.15, -0.1) is 0 Å². The Kier molecular flexibility index (Phi) is 5.09. The molecule has 7 rings (SSSR count). The quantitative estimate of drug-likeness (QED) is 0.578. The van der Waals surface area contributed by atoms with Crippen molar-refractivity contribution in [1.29, 1.82) is 0 Å². The van der Waals surface area contributed by atoms with Crippen LogP contribution in [-0.4, -0.2) is 62.0 Å². The van der Waals surface area contributed by atoms with Gasteiger partial charge in [0.25, 0.3) is 0 Å². The lowest BCUT2D eigenvalue weighted by Gasteiger charge is -2.93. The van der Waals surface area contributed by atoms with E-state index in [9.17, 15) is 27.6 Å². The third kappa shape index (κ3) is 3.07. The first-order chi connectivity index (χ1) is 18.4. The summed E-state index contributed by atoms with van der Waals surface area (Å²) in [4.78, 5) is 49.2. The molecule has 5 heterocycles. The molecule has 39 heavy (non-hydrogen) atoms. The lowest BCUT2D eigenvalue weighted by atomic mass is 9.24. The molecule has 2 aliphatic carbocycles. The highest BCUT2D eigenvalue weighted by atomic mass is 19.4. The van der Waals surface area contributed by atoms with Crippen molar-refractivity contribution in [2.45, 2.75) is 50.6 Å². The highest BCUT2D eigenvalue weighted by Gasteiger charge is 2.98. The number of Topliss-reactive ketones (excluding diaryl/α,β-unsaturated/α-hetero) is 1. The van der Waals surface area contributed by atoms with Gasteiger partial charge in [-0.3, -0.25) is 19.3 Å². The SMILES string of the molecule is Cc1nc(NC(=O)[C@H]2CCO[C@@H](c3ccc(=O)n(C)c3)C2)c(C(=O)C2C3C4CN5C2C3C45C(F)(F)F)nc1C. The zero-order chi connectivity index (χ0) is 27.6. The van der Waals surface area contributed by atoms with Crippen LogP contribution < -0.4 is 10.9 Å². The molecule has 206 valence electrons. The topological polar surface area (TPSA) is 106 Å². The van der Waals surface area contributed by atoms with Crippen LogP contribution in [0.15, 0.2) is 23.1 Å². The molecule has 0 spiro atoms. The van der Waals surface area contributed by atoms with E-state index in [1.165, 1.54) is 15.5 Å². The summed E-state index contributed by atoms with van der Waals surface area (Å²) in [6, 6.07) is 2.73. The summed E-state index contributed by atoms with van der Waals surface area (Å²) >= 11 is 0. The van der Waals surface area contributed by atoms with E-state index in [1.54, 1.807) is 33.2 Å². The van der Waals surface area contributed by atoms with Crippen molar-refractivity contribution in [2.24, 2.45) is 36.6 Å². The molecule has 3 saturated heterocycles. The van der Waals surface area contributed by atoms with E-state index in [4.69, 9.17) is 4.74 Å². The van der Waals surface area contributed by atoms with Crippen LogP contribution in [0.2, 0.25) is 0 Å². The molecule has 2 saturated carbocycles. The zero-order valence-corrected chi connectivity index (χ0v) is 21.7. The van der Waals surface area contributed by atoms with Crippen LogP contribution in [0.25, 0.3) is 0 Å². The van der Waals surface area contributed by atoms with E-state index in [-0.39, 0.29) is 40.8 Å². The Morgan fingerprint density at radius 3 is 2.56 bits per heavy atom. The maximum atomic E-state index is 13.7.